The Morgan fingerprint density at radius 2 is 1.79 bits per heavy atom. The maximum atomic E-state index is 13.2. The summed E-state index contributed by atoms with van der Waals surface area (Å²) in [6.45, 7) is 0. The van der Waals surface area contributed by atoms with Crippen LogP contribution in [0.4, 0.5) is 31.9 Å². The molecule has 0 aliphatic carbocycles. The molecule has 2 aromatic carbocycles. The van der Waals surface area contributed by atoms with Gasteiger partial charge < -0.3 is 10.6 Å². The molecule has 0 saturated carbocycles. The van der Waals surface area contributed by atoms with Crippen LogP contribution in [-0.4, -0.2) is 15.2 Å². The van der Waals surface area contributed by atoms with Gasteiger partial charge in [0.25, 0.3) is 0 Å². The first-order chi connectivity index (χ1) is 11.6. The molecule has 0 aliphatic heterocycles. The Morgan fingerprint density at radius 3 is 2.58 bits per heavy atom. The van der Waals surface area contributed by atoms with Gasteiger partial charge in [-0.2, -0.15) is 15.3 Å². The van der Waals surface area contributed by atoms with Crippen LogP contribution in [0.1, 0.15) is 5.56 Å². The molecule has 0 radical (unpaired) electrons. The number of nitriles is 1. The van der Waals surface area contributed by atoms with Crippen molar-refractivity contribution >= 4 is 23.1 Å². The summed E-state index contributed by atoms with van der Waals surface area (Å²) in [6, 6.07) is 12.2. The van der Waals surface area contributed by atoms with Gasteiger partial charge in [-0.3, -0.25) is 0 Å². The van der Waals surface area contributed by atoms with E-state index >= 15 is 0 Å². The summed E-state index contributed by atoms with van der Waals surface area (Å²) < 4.78 is 26.1. The Morgan fingerprint density at radius 1 is 0.958 bits per heavy atom. The monoisotopic (exact) mass is 324 g/mol. The molecule has 0 spiro atoms. The molecule has 0 atom stereocenters. The molecule has 24 heavy (non-hydrogen) atoms. The van der Waals surface area contributed by atoms with Crippen molar-refractivity contribution in [3.05, 3.63) is 65.9 Å². The SMILES string of the molecule is N#Cc1cccc(Nc2cnnc(Nc3ccc(F)c(F)c3)n2)c1. The molecule has 0 bridgehead atoms. The summed E-state index contributed by atoms with van der Waals surface area (Å²) in [5, 5.41) is 22.2. The maximum Gasteiger partial charge on any atom is 0.249 e. The molecule has 118 valence electrons. The molecule has 2 N–H and O–H groups in total. The van der Waals surface area contributed by atoms with Crippen molar-refractivity contribution < 1.29 is 8.78 Å². The zero-order valence-corrected chi connectivity index (χ0v) is 12.2. The number of aromatic nitrogens is 3. The van der Waals surface area contributed by atoms with Crippen LogP contribution in [0.5, 0.6) is 0 Å². The van der Waals surface area contributed by atoms with Gasteiger partial charge in [0.05, 0.1) is 17.8 Å². The topological polar surface area (TPSA) is 86.5 Å². The number of hydrogen-bond acceptors (Lipinski definition) is 6. The van der Waals surface area contributed by atoms with Gasteiger partial charge in [-0.25, -0.2) is 8.78 Å². The van der Waals surface area contributed by atoms with Crippen LogP contribution in [0, 0.1) is 23.0 Å². The summed E-state index contributed by atoms with van der Waals surface area (Å²) in [4.78, 5) is 4.18. The number of nitrogens with one attached hydrogen (secondary N) is 2. The molecule has 3 aromatic rings. The Hall–Kier alpha value is -3.60. The summed E-state index contributed by atoms with van der Waals surface area (Å²) in [5.41, 5.74) is 1.45. The molecular weight excluding hydrogens is 314 g/mol. The van der Waals surface area contributed by atoms with Crippen LogP contribution in [0.2, 0.25) is 0 Å². The minimum atomic E-state index is -0.976. The quantitative estimate of drug-likeness (QED) is 0.764. The number of rotatable bonds is 4. The highest BCUT2D eigenvalue weighted by Crippen LogP contribution is 2.19. The van der Waals surface area contributed by atoms with Gasteiger partial charge in [-0.15, -0.1) is 5.10 Å². The van der Waals surface area contributed by atoms with Crippen LogP contribution in [0.15, 0.2) is 48.7 Å². The van der Waals surface area contributed by atoms with E-state index in [-0.39, 0.29) is 5.95 Å². The first kappa shape index (κ1) is 15.3. The number of nitrogens with zero attached hydrogens (tertiary/aromatic N) is 4. The van der Waals surface area contributed by atoms with Crippen molar-refractivity contribution in [2.75, 3.05) is 10.6 Å². The lowest BCUT2D eigenvalue weighted by Crippen LogP contribution is -2.03. The maximum absolute atomic E-state index is 13.2. The highest BCUT2D eigenvalue weighted by Gasteiger charge is 2.06. The minimum Gasteiger partial charge on any atom is -0.339 e. The summed E-state index contributed by atoms with van der Waals surface area (Å²) >= 11 is 0. The van der Waals surface area contributed by atoms with Crippen LogP contribution < -0.4 is 10.6 Å². The zero-order chi connectivity index (χ0) is 16.9. The van der Waals surface area contributed by atoms with Crippen molar-refractivity contribution in [2.45, 2.75) is 0 Å². The van der Waals surface area contributed by atoms with E-state index < -0.39 is 11.6 Å². The van der Waals surface area contributed by atoms with Crippen LogP contribution in [0.3, 0.4) is 0 Å². The molecule has 1 aromatic heterocycles. The second-order valence-corrected chi connectivity index (χ2v) is 4.74. The second kappa shape index (κ2) is 6.66. The molecule has 0 amide bonds. The van der Waals surface area contributed by atoms with E-state index in [4.69, 9.17) is 5.26 Å². The number of hydrogen-bond donors (Lipinski definition) is 2. The van der Waals surface area contributed by atoms with Crippen molar-refractivity contribution in [1.82, 2.24) is 15.2 Å². The molecule has 0 fully saturated rings. The number of halogens is 2. The van der Waals surface area contributed by atoms with Gasteiger partial charge in [0, 0.05) is 17.4 Å². The molecule has 8 heteroatoms. The van der Waals surface area contributed by atoms with Gasteiger partial charge in [0.1, 0.15) is 0 Å². The fourth-order valence-corrected chi connectivity index (χ4v) is 1.93. The molecule has 6 nitrogen and oxygen atoms in total. The fraction of sp³-hybridized carbons (Fsp3) is 0. The average Bonchev–Trinajstić information content (AvgIpc) is 2.59. The van der Waals surface area contributed by atoms with Crippen LogP contribution >= 0.6 is 0 Å². The minimum absolute atomic E-state index is 0.113. The number of benzene rings is 2. The highest BCUT2D eigenvalue weighted by atomic mass is 19.2. The Labute approximate surface area is 135 Å². The summed E-state index contributed by atoms with van der Waals surface area (Å²) in [7, 11) is 0. The third-order valence-electron chi connectivity index (χ3n) is 3.00. The summed E-state index contributed by atoms with van der Waals surface area (Å²) in [5.74, 6) is -1.42. The Bertz CT molecular complexity index is 922. The Balaban J connectivity index is 1.78. The van der Waals surface area contributed by atoms with E-state index in [0.29, 0.717) is 22.8 Å². The normalized spacial score (nSPS) is 10.0. The first-order valence-corrected chi connectivity index (χ1v) is 6.83. The lowest BCUT2D eigenvalue weighted by molar-refractivity contribution is 0.509. The molecule has 3 rings (SSSR count). The standard InChI is InChI=1S/C16H10F2N6/c17-13-5-4-12(7-14(13)18)22-16-23-15(9-20-24-16)21-11-3-1-2-10(6-11)8-19/h1-7,9H,(H2,21,22,23,24). The van der Waals surface area contributed by atoms with E-state index in [1.807, 2.05) is 6.07 Å². The highest BCUT2D eigenvalue weighted by molar-refractivity contribution is 5.60. The molecular formula is C16H10F2N6. The lowest BCUT2D eigenvalue weighted by atomic mass is 10.2. The molecule has 0 aliphatic rings. The van der Waals surface area contributed by atoms with Gasteiger partial charge in [0.15, 0.2) is 17.5 Å². The van der Waals surface area contributed by atoms with Crippen molar-refractivity contribution in [1.29, 1.82) is 5.26 Å². The summed E-state index contributed by atoms with van der Waals surface area (Å²) in [6.07, 6.45) is 1.40. The van der Waals surface area contributed by atoms with E-state index in [0.717, 1.165) is 12.1 Å². The average molecular weight is 324 g/mol. The first-order valence-electron chi connectivity index (χ1n) is 6.83. The van der Waals surface area contributed by atoms with Gasteiger partial charge in [-0.1, -0.05) is 6.07 Å². The largest absolute Gasteiger partial charge is 0.339 e. The Kier molecular flexibility index (Phi) is 4.25. The van der Waals surface area contributed by atoms with E-state index in [1.165, 1.54) is 12.3 Å². The predicted molar refractivity (Wildman–Crippen MR) is 83.9 cm³/mol. The van der Waals surface area contributed by atoms with Crippen molar-refractivity contribution in [3.63, 3.8) is 0 Å². The molecule has 0 unspecified atom stereocenters. The van der Waals surface area contributed by atoms with Crippen LogP contribution in [0.25, 0.3) is 0 Å². The number of anilines is 4. The third-order valence-corrected chi connectivity index (χ3v) is 3.00. The molecule has 1 heterocycles. The zero-order valence-electron chi connectivity index (χ0n) is 12.2. The third kappa shape index (κ3) is 3.59. The second-order valence-electron chi connectivity index (χ2n) is 4.74. The van der Waals surface area contributed by atoms with Gasteiger partial charge in [-0.05, 0) is 30.3 Å². The van der Waals surface area contributed by atoms with E-state index in [2.05, 4.69) is 25.8 Å². The lowest BCUT2D eigenvalue weighted by Gasteiger charge is -2.08. The van der Waals surface area contributed by atoms with Gasteiger partial charge in [0.2, 0.25) is 5.95 Å². The van der Waals surface area contributed by atoms with E-state index in [1.54, 1.807) is 24.3 Å². The van der Waals surface area contributed by atoms with Crippen molar-refractivity contribution in [3.8, 4) is 6.07 Å². The van der Waals surface area contributed by atoms with Gasteiger partial charge >= 0.3 is 0 Å². The van der Waals surface area contributed by atoms with Crippen molar-refractivity contribution in [2.24, 2.45) is 0 Å². The fourth-order valence-electron chi connectivity index (χ4n) is 1.93. The van der Waals surface area contributed by atoms with Crippen LogP contribution in [-0.2, 0) is 0 Å². The van der Waals surface area contributed by atoms with E-state index in [9.17, 15) is 8.78 Å². The smallest absolute Gasteiger partial charge is 0.249 e. The predicted octanol–water partition coefficient (Wildman–Crippen LogP) is 3.51. The molecule has 0 saturated heterocycles.